The number of carbonyl (C=O) groups is 2. The lowest BCUT2D eigenvalue weighted by atomic mass is 10.0. The summed E-state index contributed by atoms with van der Waals surface area (Å²) in [5.74, 6) is -2.09. The summed E-state index contributed by atoms with van der Waals surface area (Å²) >= 11 is 0. The molecule has 1 unspecified atom stereocenters. The van der Waals surface area contributed by atoms with Crippen molar-refractivity contribution in [2.24, 2.45) is 5.41 Å². The van der Waals surface area contributed by atoms with E-state index >= 15 is 0 Å². The predicted molar refractivity (Wildman–Crippen MR) is 87.5 cm³/mol. The molecule has 0 radical (unpaired) electrons. The summed E-state index contributed by atoms with van der Waals surface area (Å²) in [7, 11) is -4.05. The predicted octanol–water partition coefficient (Wildman–Crippen LogP) is 1.44. The van der Waals surface area contributed by atoms with Crippen LogP contribution in [0.1, 0.15) is 49.6 Å². The van der Waals surface area contributed by atoms with Crippen LogP contribution < -0.4 is 5.32 Å². The first-order chi connectivity index (χ1) is 11.8. The summed E-state index contributed by atoms with van der Waals surface area (Å²) in [5.41, 5.74) is 0.176. The van der Waals surface area contributed by atoms with Gasteiger partial charge in [-0.2, -0.15) is 4.31 Å². The Labute approximate surface area is 146 Å². The van der Waals surface area contributed by atoms with E-state index in [0.29, 0.717) is 19.4 Å². The minimum atomic E-state index is -4.05. The number of furan rings is 1. The number of nitrogens with one attached hydrogen (secondary N) is 1. The molecule has 0 bridgehead atoms. The van der Waals surface area contributed by atoms with Gasteiger partial charge in [-0.25, -0.2) is 13.2 Å². The fraction of sp³-hybridized carbons (Fsp3) is 0.625. The molecular weight excluding hydrogens is 348 g/mol. The molecule has 1 aliphatic heterocycles. The van der Waals surface area contributed by atoms with E-state index in [1.807, 2.05) is 0 Å². The number of carboxylic acids is 1. The van der Waals surface area contributed by atoms with Crippen LogP contribution in [-0.4, -0.2) is 48.8 Å². The van der Waals surface area contributed by atoms with Crippen molar-refractivity contribution >= 4 is 21.9 Å². The number of carbonyl (C=O) groups excluding carboxylic acids is 1. The molecule has 1 aliphatic carbocycles. The maximum Gasteiger partial charge on any atom is 0.371 e. The van der Waals surface area contributed by atoms with E-state index in [-0.39, 0.29) is 17.9 Å². The normalized spacial score (nSPS) is 22.7. The Bertz CT molecular complexity index is 780. The first kappa shape index (κ1) is 17.9. The van der Waals surface area contributed by atoms with Gasteiger partial charge >= 0.3 is 5.97 Å². The Morgan fingerprint density at radius 2 is 2.12 bits per heavy atom. The van der Waals surface area contributed by atoms with E-state index in [4.69, 9.17) is 9.52 Å². The number of nitrogens with zero attached hydrogens (tertiary/aromatic N) is 1. The molecule has 2 fully saturated rings. The van der Waals surface area contributed by atoms with Gasteiger partial charge < -0.3 is 14.8 Å². The van der Waals surface area contributed by atoms with Crippen molar-refractivity contribution in [3.8, 4) is 0 Å². The van der Waals surface area contributed by atoms with Crippen LogP contribution >= 0.6 is 0 Å². The highest BCUT2D eigenvalue weighted by Gasteiger charge is 2.44. The van der Waals surface area contributed by atoms with Gasteiger partial charge in [-0.15, -0.1) is 0 Å². The molecule has 25 heavy (non-hydrogen) atoms. The van der Waals surface area contributed by atoms with E-state index in [0.717, 1.165) is 35.7 Å². The molecule has 8 nitrogen and oxygen atoms in total. The van der Waals surface area contributed by atoms with Crippen molar-refractivity contribution in [2.45, 2.75) is 50.2 Å². The highest BCUT2D eigenvalue weighted by Crippen LogP contribution is 2.47. The van der Waals surface area contributed by atoms with Crippen molar-refractivity contribution in [3.05, 3.63) is 17.9 Å². The molecule has 1 aromatic rings. The minimum Gasteiger partial charge on any atom is -0.475 e. The molecule has 3 rings (SSSR count). The fourth-order valence-electron chi connectivity index (χ4n) is 3.20. The van der Waals surface area contributed by atoms with E-state index in [1.54, 1.807) is 0 Å². The quantitative estimate of drug-likeness (QED) is 0.750. The van der Waals surface area contributed by atoms with Gasteiger partial charge in [-0.3, -0.25) is 4.79 Å². The Hall–Kier alpha value is -1.87. The lowest BCUT2D eigenvalue weighted by Crippen LogP contribution is -2.47. The number of carboxylic acid groups (broad SMARTS) is 1. The minimum absolute atomic E-state index is 0.176. The topological polar surface area (TPSA) is 117 Å². The van der Waals surface area contributed by atoms with Gasteiger partial charge in [0.2, 0.25) is 16.8 Å². The van der Waals surface area contributed by atoms with Crippen molar-refractivity contribution in [2.75, 3.05) is 13.1 Å². The van der Waals surface area contributed by atoms with E-state index in [9.17, 15) is 18.0 Å². The highest BCUT2D eigenvalue weighted by molar-refractivity contribution is 7.89. The zero-order chi connectivity index (χ0) is 18.2. The second-order valence-corrected chi connectivity index (χ2v) is 8.59. The Kier molecular flexibility index (Phi) is 4.63. The first-order valence-electron chi connectivity index (χ1n) is 8.42. The fourth-order valence-corrected chi connectivity index (χ4v) is 4.78. The van der Waals surface area contributed by atoms with Crippen LogP contribution in [0.25, 0.3) is 0 Å². The molecule has 2 aliphatic rings. The molecule has 2 N–H and O–H groups in total. The molecule has 1 saturated heterocycles. The Morgan fingerprint density at radius 1 is 1.40 bits per heavy atom. The van der Waals surface area contributed by atoms with Crippen molar-refractivity contribution in [3.63, 3.8) is 0 Å². The summed E-state index contributed by atoms with van der Waals surface area (Å²) in [6.07, 6.45) is 4.17. The molecule has 1 atom stereocenters. The SMILES string of the molecule is CCC1(CNC(=O)C2CCCN2S(=O)(=O)c2ccc(C(=O)O)o2)CC1. The molecule has 1 aromatic heterocycles. The van der Waals surface area contributed by atoms with Crippen LogP contribution in [0.15, 0.2) is 21.6 Å². The van der Waals surface area contributed by atoms with Crippen molar-refractivity contribution in [1.82, 2.24) is 9.62 Å². The molecule has 2 heterocycles. The number of rotatable bonds is 7. The average molecular weight is 370 g/mol. The lowest BCUT2D eigenvalue weighted by Gasteiger charge is -2.23. The molecule has 0 aromatic carbocycles. The zero-order valence-electron chi connectivity index (χ0n) is 14.0. The van der Waals surface area contributed by atoms with Gasteiger partial charge in [0.25, 0.3) is 10.0 Å². The van der Waals surface area contributed by atoms with Crippen molar-refractivity contribution in [1.29, 1.82) is 0 Å². The Balaban J connectivity index is 1.73. The summed E-state index contributed by atoms with van der Waals surface area (Å²) in [6.45, 7) is 2.86. The standard InChI is InChI=1S/C16H22N2O6S/c1-2-16(7-8-16)10-17-14(19)11-4-3-9-18(11)25(22,23)13-6-5-12(24-13)15(20)21/h5-6,11H,2-4,7-10H2,1H3,(H,17,19)(H,20,21). The van der Waals surface area contributed by atoms with Crippen LogP contribution in [0.4, 0.5) is 0 Å². The molecule has 1 amide bonds. The van der Waals surface area contributed by atoms with Gasteiger partial charge in [-0.05, 0) is 49.7 Å². The average Bonchev–Trinajstić information content (AvgIpc) is 3.01. The highest BCUT2D eigenvalue weighted by atomic mass is 32.2. The van der Waals surface area contributed by atoms with Crippen LogP contribution in [0.5, 0.6) is 0 Å². The largest absolute Gasteiger partial charge is 0.475 e. The summed E-state index contributed by atoms with van der Waals surface area (Å²) in [4.78, 5) is 23.4. The maximum absolute atomic E-state index is 12.7. The third-order valence-electron chi connectivity index (χ3n) is 5.21. The molecule has 9 heteroatoms. The van der Waals surface area contributed by atoms with E-state index < -0.39 is 32.9 Å². The maximum atomic E-state index is 12.7. The summed E-state index contributed by atoms with van der Waals surface area (Å²) in [5, 5.41) is 11.3. The third kappa shape index (κ3) is 3.43. The van der Waals surface area contributed by atoms with Crippen molar-refractivity contribution < 1.29 is 27.5 Å². The van der Waals surface area contributed by atoms with E-state index in [2.05, 4.69) is 12.2 Å². The van der Waals surface area contributed by atoms with Crippen LogP contribution in [0, 0.1) is 5.41 Å². The number of hydrogen-bond donors (Lipinski definition) is 2. The number of sulfonamides is 1. The second kappa shape index (κ2) is 6.45. The second-order valence-electron chi connectivity index (χ2n) is 6.77. The summed E-state index contributed by atoms with van der Waals surface area (Å²) < 4.78 is 31.5. The van der Waals surface area contributed by atoms with Gasteiger partial charge in [0.1, 0.15) is 6.04 Å². The number of hydrogen-bond acceptors (Lipinski definition) is 5. The van der Waals surface area contributed by atoms with Crippen LogP contribution in [0.2, 0.25) is 0 Å². The van der Waals surface area contributed by atoms with Crippen LogP contribution in [-0.2, 0) is 14.8 Å². The zero-order valence-corrected chi connectivity index (χ0v) is 14.8. The summed E-state index contributed by atoms with van der Waals surface area (Å²) in [6, 6.07) is 1.43. The Morgan fingerprint density at radius 3 is 2.68 bits per heavy atom. The van der Waals surface area contributed by atoms with Gasteiger partial charge in [0, 0.05) is 13.1 Å². The third-order valence-corrected chi connectivity index (χ3v) is 6.99. The van der Waals surface area contributed by atoms with E-state index in [1.165, 1.54) is 0 Å². The van der Waals surface area contributed by atoms with Crippen LogP contribution in [0.3, 0.4) is 0 Å². The first-order valence-corrected chi connectivity index (χ1v) is 9.86. The molecule has 1 saturated carbocycles. The monoisotopic (exact) mass is 370 g/mol. The number of aromatic carboxylic acids is 1. The molecular formula is C16H22N2O6S. The van der Waals surface area contributed by atoms with Gasteiger partial charge in [-0.1, -0.05) is 6.92 Å². The molecule has 138 valence electrons. The molecule has 0 spiro atoms. The lowest BCUT2D eigenvalue weighted by molar-refractivity contribution is -0.124. The van der Waals surface area contributed by atoms with Gasteiger partial charge in [0.15, 0.2) is 0 Å². The number of amides is 1. The smallest absolute Gasteiger partial charge is 0.371 e. The van der Waals surface area contributed by atoms with Gasteiger partial charge in [0.05, 0.1) is 0 Å².